The molecule has 0 fully saturated rings. The van der Waals surface area contributed by atoms with Crippen LogP contribution in [0.2, 0.25) is 0 Å². The molecule has 1 aromatic carbocycles. The van der Waals surface area contributed by atoms with Crippen LogP contribution >= 0.6 is 0 Å². The second kappa shape index (κ2) is 3.52. The molecule has 1 aromatic rings. The van der Waals surface area contributed by atoms with Gasteiger partial charge in [-0.1, -0.05) is 18.2 Å². The Morgan fingerprint density at radius 3 is 2.73 bits per heavy atom. The quantitative estimate of drug-likeness (QED) is 0.769. The van der Waals surface area contributed by atoms with Crippen LogP contribution < -0.4 is 4.31 Å². The second-order valence-electron chi connectivity index (χ2n) is 3.88. The van der Waals surface area contributed by atoms with Gasteiger partial charge in [0.15, 0.2) is 0 Å². The number of anilines is 1. The summed E-state index contributed by atoms with van der Waals surface area (Å²) in [6.45, 7) is 3.64. The summed E-state index contributed by atoms with van der Waals surface area (Å²) in [7, 11) is -3.13. The molecule has 0 saturated heterocycles. The highest BCUT2D eigenvalue weighted by atomic mass is 32.2. The maximum absolute atomic E-state index is 11.9. The van der Waals surface area contributed by atoms with Gasteiger partial charge < -0.3 is 0 Å². The highest BCUT2D eigenvalue weighted by Gasteiger charge is 2.33. The first kappa shape index (κ1) is 10.5. The first-order valence-corrected chi connectivity index (χ1v) is 6.77. The molecule has 0 spiro atoms. The average molecular weight is 225 g/mol. The molecule has 0 radical (unpaired) electrons. The Hall–Kier alpha value is -1.03. The van der Waals surface area contributed by atoms with Crippen LogP contribution in [0.4, 0.5) is 5.69 Å². The Kier molecular flexibility index (Phi) is 2.46. The van der Waals surface area contributed by atoms with E-state index in [2.05, 4.69) is 0 Å². The largest absolute Gasteiger partial charge is 0.267 e. The lowest BCUT2D eigenvalue weighted by molar-refractivity contribution is 0.585. The molecule has 82 valence electrons. The van der Waals surface area contributed by atoms with Gasteiger partial charge in [0.2, 0.25) is 10.0 Å². The fraction of sp³-hybridized carbons (Fsp3) is 0.455. The third-order valence-electron chi connectivity index (χ3n) is 2.81. The van der Waals surface area contributed by atoms with E-state index in [0.29, 0.717) is 0 Å². The Bertz CT molecular complexity index is 467. The topological polar surface area (TPSA) is 37.4 Å². The highest BCUT2D eigenvalue weighted by Crippen LogP contribution is 2.34. The molecule has 3 nitrogen and oxygen atoms in total. The summed E-state index contributed by atoms with van der Waals surface area (Å²) in [5.74, 6) is 0.158. The SMILES string of the molecule is CCS(=O)(=O)N1c2ccccc2C[C@H]1C. The van der Waals surface area contributed by atoms with Gasteiger partial charge in [0, 0.05) is 6.04 Å². The van der Waals surface area contributed by atoms with Gasteiger partial charge in [-0.3, -0.25) is 4.31 Å². The predicted octanol–water partition coefficient (Wildman–Crippen LogP) is 1.79. The first-order valence-electron chi connectivity index (χ1n) is 5.16. The third kappa shape index (κ3) is 1.63. The molecule has 0 aliphatic carbocycles. The molecule has 1 heterocycles. The molecular formula is C11H15NO2S. The van der Waals surface area contributed by atoms with Crippen molar-refractivity contribution in [2.75, 3.05) is 10.1 Å². The summed E-state index contributed by atoms with van der Waals surface area (Å²) in [4.78, 5) is 0. The first-order chi connectivity index (χ1) is 7.06. The van der Waals surface area contributed by atoms with Crippen LogP contribution in [0.3, 0.4) is 0 Å². The summed E-state index contributed by atoms with van der Waals surface area (Å²) in [5, 5.41) is 0. The number of hydrogen-bond donors (Lipinski definition) is 0. The molecule has 0 N–H and O–H groups in total. The van der Waals surface area contributed by atoms with Crippen LogP contribution in [0.5, 0.6) is 0 Å². The van der Waals surface area contributed by atoms with Gasteiger partial charge in [0.1, 0.15) is 0 Å². The normalized spacial score (nSPS) is 20.4. The van der Waals surface area contributed by atoms with E-state index in [4.69, 9.17) is 0 Å². The number of rotatable bonds is 2. The summed E-state index contributed by atoms with van der Waals surface area (Å²) in [5.41, 5.74) is 1.98. The van der Waals surface area contributed by atoms with E-state index in [0.717, 1.165) is 17.7 Å². The zero-order valence-corrected chi connectivity index (χ0v) is 9.79. The minimum Gasteiger partial charge on any atom is -0.267 e. The van der Waals surface area contributed by atoms with Crippen molar-refractivity contribution in [2.24, 2.45) is 0 Å². The van der Waals surface area contributed by atoms with Crippen LogP contribution in [-0.2, 0) is 16.4 Å². The zero-order chi connectivity index (χ0) is 11.1. The van der Waals surface area contributed by atoms with Crippen molar-refractivity contribution in [1.82, 2.24) is 0 Å². The molecule has 0 amide bonds. The molecule has 0 bridgehead atoms. The van der Waals surface area contributed by atoms with Gasteiger partial charge in [-0.2, -0.15) is 0 Å². The van der Waals surface area contributed by atoms with Crippen molar-refractivity contribution >= 4 is 15.7 Å². The number of benzene rings is 1. The zero-order valence-electron chi connectivity index (χ0n) is 8.97. The number of sulfonamides is 1. The van der Waals surface area contributed by atoms with Crippen LogP contribution in [-0.4, -0.2) is 20.2 Å². The number of fused-ring (bicyclic) bond motifs is 1. The van der Waals surface area contributed by atoms with Crippen molar-refractivity contribution in [3.63, 3.8) is 0 Å². The van der Waals surface area contributed by atoms with Crippen LogP contribution in [0.15, 0.2) is 24.3 Å². The van der Waals surface area contributed by atoms with Gasteiger partial charge in [0.05, 0.1) is 11.4 Å². The molecule has 1 aliphatic heterocycles. The lowest BCUT2D eigenvalue weighted by atomic mass is 10.1. The Labute approximate surface area is 90.8 Å². The Morgan fingerprint density at radius 1 is 1.40 bits per heavy atom. The van der Waals surface area contributed by atoms with Gasteiger partial charge in [-0.15, -0.1) is 0 Å². The van der Waals surface area contributed by atoms with E-state index >= 15 is 0 Å². The van der Waals surface area contributed by atoms with Crippen LogP contribution in [0, 0.1) is 0 Å². The lowest BCUT2D eigenvalue weighted by Crippen LogP contribution is -2.36. The summed E-state index contributed by atoms with van der Waals surface area (Å²) in [6.07, 6.45) is 0.815. The maximum Gasteiger partial charge on any atom is 0.235 e. The van der Waals surface area contributed by atoms with E-state index in [9.17, 15) is 8.42 Å². The van der Waals surface area contributed by atoms with Gasteiger partial charge in [0.25, 0.3) is 0 Å². The monoisotopic (exact) mass is 225 g/mol. The van der Waals surface area contributed by atoms with Crippen LogP contribution in [0.25, 0.3) is 0 Å². The number of hydrogen-bond acceptors (Lipinski definition) is 2. The fourth-order valence-electron chi connectivity index (χ4n) is 2.10. The molecule has 4 heteroatoms. The fourth-order valence-corrected chi connectivity index (χ4v) is 3.48. The summed E-state index contributed by atoms with van der Waals surface area (Å²) in [6, 6.07) is 7.76. The molecule has 1 atom stereocenters. The number of nitrogens with zero attached hydrogens (tertiary/aromatic N) is 1. The smallest absolute Gasteiger partial charge is 0.235 e. The van der Waals surface area contributed by atoms with Crippen LogP contribution in [0.1, 0.15) is 19.4 Å². The highest BCUT2D eigenvalue weighted by molar-refractivity contribution is 7.92. The molecule has 0 unspecified atom stereocenters. The molecule has 0 saturated carbocycles. The summed E-state index contributed by atoms with van der Waals surface area (Å²) < 4.78 is 25.4. The Morgan fingerprint density at radius 2 is 2.07 bits per heavy atom. The van der Waals surface area contributed by atoms with Gasteiger partial charge >= 0.3 is 0 Å². The number of para-hydroxylation sites is 1. The van der Waals surface area contributed by atoms with E-state index in [1.807, 2.05) is 31.2 Å². The van der Waals surface area contributed by atoms with Crippen molar-refractivity contribution < 1.29 is 8.42 Å². The van der Waals surface area contributed by atoms with E-state index < -0.39 is 10.0 Å². The van der Waals surface area contributed by atoms with E-state index in [1.165, 1.54) is 0 Å². The van der Waals surface area contributed by atoms with E-state index in [1.54, 1.807) is 11.2 Å². The minimum atomic E-state index is -3.13. The van der Waals surface area contributed by atoms with Gasteiger partial charge in [-0.05, 0) is 31.9 Å². The molecule has 0 aromatic heterocycles. The Balaban J connectivity index is 2.51. The van der Waals surface area contributed by atoms with Crippen molar-refractivity contribution in [2.45, 2.75) is 26.3 Å². The predicted molar refractivity (Wildman–Crippen MR) is 61.5 cm³/mol. The summed E-state index contributed by atoms with van der Waals surface area (Å²) >= 11 is 0. The third-order valence-corrected chi connectivity index (χ3v) is 4.69. The minimum absolute atomic E-state index is 0.0485. The van der Waals surface area contributed by atoms with Crippen molar-refractivity contribution in [3.05, 3.63) is 29.8 Å². The standard InChI is InChI=1S/C11H15NO2S/c1-3-15(13,14)12-9(2)8-10-6-4-5-7-11(10)12/h4-7,9H,3,8H2,1-2H3/t9-/m1/s1. The van der Waals surface area contributed by atoms with Crippen molar-refractivity contribution in [1.29, 1.82) is 0 Å². The molecular weight excluding hydrogens is 210 g/mol. The molecule has 1 aliphatic rings. The van der Waals surface area contributed by atoms with Gasteiger partial charge in [-0.25, -0.2) is 8.42 Å². The van der Waals surface area contributed by atoms with E-state index in [-0.39, 0.29) is 11.8 Å². The molecule has 2 rings (SSSR count). The van der Waals surface area contributed by atoms with Crippen molar-refractivity contribution in [3.8, 4) is 0 Å². The maximum atomic E-state index is 11.9. The lowest BCUT2D eigenvalue weighted by Gasteiger charge is -2.23. The molecule has 15 heavy (non-hydrogen) atoms. The second-order valence-corrected chi connectivity index (χ2v) is 6.01. The average Bonchev–Trinajstić information content (AvgIpc) is 2.54.